The summed E-state index contributed by atoms with van der Waals surface area (Å²) in [6.07, 6.45) is 4.05. The summed E-state index contributed by atoms with van der Waals surface area (Å²) in [6, 6.07) is 10.3. The lowest BCUT2D eigenvalue weighted by Crippen LogP contribution is -2.69. The van der Waals surface area contributed by atoms with Gasteiger partial charge in [-0.15, -0.1) is 0 Å². The number of oxazole rings is 1. The Morgan fingerprint density at radius 2 is 2.20 bits per heavy atom. The highest BCUT2D eigenvalue weighted by Crippen LogP contribution is 2.34. The minimum atomic E-state index is -0.234. The maximum Gasteiger partial charge on any atom is 0.308 e. The predicted octanol–water partition coefficient (Wildman–Crippen LogP) is 1.88. The van der Waals surface area contributed by atoms with Crippen LogP contribution in [0.15, 0.2) is 40.9 Å². The Labute approximate surface area is 116 Å². The lowest BCUT2D eigenvalue weighted by atomic mass is 9.87. The molecule has 5 heteroatoms. The molecule has 2 aromatic rings. The van der Waals surface area contributed by atoms with E-state index in [-0.39, 0.29) is 18.0 Å². The van der Waals surface area contributed by atoms with E-state index in [0.29, 0.717) is 11.8 Å². The Bertz CT molecular complexity index is 638. The second-order valence-corrected chi connectivity index (χ2v) is 5.30. The van der Waals surface area contributed by atoms with Crippen molar-refractivity contribution in [2.24, 2.45) is 0 Å². The minimum absolute atomic E-state index is 0.132. The summed E-state index contributed by atoms with van der Waals surface area (Å²) in [6.45, 7) is 1.08. The topological polar surface area (TPSA) is 58.4 Å². The molecule has 2 fully saturated rings. The fourth-order valence-corrected chi connectivity index (χ4v) is 2.85. The van der Waals surface area contributed by atoms with E-state index in [2.05, 4.69) is 15.2 Å². The zero-order chi connectivity index (χ0) is 13.5. The zero-order valence-corrected chi connectivity index (χ0v) is 11.0. The molecule has 1 aromatic heterocycles. The smallest absolute Gasteiger partial charge is 0.308 e. The molecule has 2 atom stereocenters. The van der Waals surface area contributed by atoms with E-state index in [1.807, 2.05) is 30.3 Å². The van der Waals surface area contributed by atoms with E-state index in [4.69, 9.17) is 4.42 Å². The van der Waals surface area contributed by atoms with E-state index in [1.165, 1.54) is 6.42 Å². The molecule has 0 radical (unpaired) electrons. The molecule has 0 saturated carbocycles. The van der Waals surface area contributed by atoms with Crippen LogP contribution >= 0.6 is 0 Å². The Morgan fingerprint density at radius 3 is 2.85 bits per heavy atom. The van der Waals surface area contributed by atoms with Crippen molar-refractivity contribution < 1.29 is 9.21 Å². The van der Waals surface area contributed by atoms with E-state index in [1.54, 1.807) is 6.20 Å². The first-order valence-corrected chi connectivity index (χ1v) is 6.89. The summed E-state index contributed by atoms with van der Waals surface area (Å²) in [5.41, 5.74) is 0.922. The molecule has 2 saturated heterocycles. The van der Waals surface area contributed by atoms with Gasteiger partial charge in [0.2, 0.25) is 0 Å². The molecule has 4 rings (SSSR count). The van der Waals surface area contributed by atoms with Gasteiger partial charge in [0.05, 0.1) is 12.4 Å². The van der Waals surface area contributed by atoms with Gasteiger partial charge in [-0.05, 0) is 12.8 Å². The summed E-state index contributed by atoms with van der Waals surface area (Å²) in [5, 5.41) is 2.96. The first kappa shape index (κ1) is 11.7. The first-order valence-electron chi connectivity index (χ1n) is 6.89. The van der Waals surface area contributed by atoms with Gasteiger partial charge >= 0.3 is 5.91 Å². The highest BCUT2D eigenvalue weighted by Gasteiger charge is 2.45. The standard InChI is InChI=1S/C15H15N3O2/c19-14(17-13-8-11-6-7-18(11)13)15-16-9-12(20-15)10-4-2-1-3-5-10/h1-5,9,11,13H,6-8H2,(H,17,19). The van der Waals surface area contributed by atoms with E-state index >= 15 is 0 Å². The molecule has 102 valence electrons. The lowest BCUT2D eigenvalue weighted by molar-refractivity contribution is -0.0759. The number of benzene rings is 1. The van der Waals surface area contributed by atoms with Crippen molar-refractivity contribution >= 4 is 5.91 Å². The van der Waals surface area contributed by atoms with Gasteiger partial charge in [0.1, 0.15) is 0 Å². The maximum atomic E-state index is 12.1. The van der Waals surface area contributed by atoms with Gasteiger partial charge in [-0.25, -0.2) is 4.98 Å². The first-order chi connectivity index (χ1) is 9.81. The van der Waals surface area contributed by atoms with Gasteiger partial charge in [-0.2, -0.15) is 0 Å². The Hall–Kier alpha value is -2.14. The molecule has 1 amide bonds. The van der Waals surface area contributed by atoms with Gasteiger partial charge in [-0.1, -0.05) is 30.3 Å². The maximum absolute atomic E-state index is 12.1. The molecule has 2 aliphatic rings. The molecular weight excluding hydrogens is 254 g/mol. The second kappa shape index (κ2) is 4.45. The number of nitrogens with zero attached hydrogens (tertiary/aromatic N) is 2. The van der Waals surface area contributed by atoms with Crippen LogP contribution in [0.2, 0.25) is 0 Å². The Balaban J connectivity index is 1.46. The van der Waals surface area contributed by atoms with Crippen LogP contribution in [-0.2, 0) is 0 Å². The third-order valence-corrected chi connectivity index (χ3v) is 4.14. The zero-order valence-electron chi connectivity index (χ0n) is 11.0. The second-order valence-electron chi connectivity index (χ2n) is 5.30. The summed E-state index contributed by atoms with van der Waals surface area (Å²) in [5.74, 6) is 0.515. The number of rotatable bonds is 3. The lowest BCUT2D eigenvalue weighted by Gasteiger charge is -2.56. The van der Waals surface area contributed by atoms with Crippen LogP contribution in [0.25, 0.3) is 11.3 Å². The molecule has 3 heterocycles. The molecule has 1 N–H and O–H groups in total. The Morgan fingerprint density at radius 1 is 1.35 bits per heavy atom. The molecule has 2 unspecified atom stereocenters. The highest BCUT2D eigenvalue weighted by molar-refractivity contribution is 5.90. The normalized spacial score (nSPS) is 24.4. The van der Waals surface area contributed by atoms with Crippen LogP contribution in [0.4, 0.5) is 0 Å². The molecule has 2 aliphatic heterocycles. The summed E-state index contributed by atoms with van der Waals surface area (Å²) in [4.78, 5) is 18.4. The van der Waals surface area contributed by atoms with Gasteiger partial charge in [-0.3, -0.25) is 9.69 Å². The monoisotopic (exact) mass is 269 g/mol. The molecule has 0 aliphatic carbocycles. The van der Waals surface area contributed by atoms with Gasteiger partial charge < -0.3 is 9.73 Å². The molecular formula is C15H15N3O2. The fraction of sp³-hybridized carbons (Fsp3) is 0.333. The number of hydrogen-bond donors (Lipinski definition) is 1. The summed E-state index contributed by atoms with van der Waals surface area (Å²) in [7, 11) is 0. The van der Waals surface area contributed by atoms with E-state index in [0.717, 1.165) is 18.5 Å². The summed E-state index contributed by atoms with van der Waals surface area (Å²) < 4.78 is 5.54. The molecule has 0 bridgehead atoms. The number of hydrogen-bond acceptors (Lipinski definition) is 4. The van der Waals surface area contributed by atoms with Crippen LogP contribution < -0.4 is 5.32 Å². The number of fused-ring (bicyclic) bond motifs is 1. The molecule has 1 aromatic carbocycles. The molecule has 0 spiro atoms. The highest BCUT2D eigenvalue weighted by atomic mass is 16.4. The number of aromatic nitrogens is 1. The van der Waals surface area contributed by atoms with Crippen LogP contribution in [0.3, 0.4) is 0 Å². The van der Waals surface area contributed by atoms with Crippen molar-refractivity contribution in [1.29, 1.82) is 0 Å². The quantitative estimate of drug-likeness (QED) is 0.924. The number of piperidine rings is 1. The van der Waals surface area contributed by atoms with Crippen molar-refractivity contribution in [2.45, 2.75) is 25.0 Å². The molecule has 5 nitrogen and oxygen atoms in total. The third-order valence-electron chi connectivity index (χ3n) is 4.14. The van der Waals surface area contributed by atoms with Crippen LogP contribution in [-0.4, -0.2) is 34.5 Å². The van der Waals surface area contributed by atoms with E-state index in [9.17, 15) is 4.79 Å². The number of amides is 1. The van der Waals surface area contributed by atoms with Crippen LogP contribution in [0.1, 0.15) is 23.5 Å². The predicted molar refractivity (Wildman–Crippen MR) is 72.9 cm³/mol. The average molecular weight is 269 g/mol. The number of nitrogens with one attached hydrogen (secondary N) is 1. The average Bonchev–Trinajstić information content (AvgIpc) is 2.94. The molecule has 20 heavy (non-hydrogen) atoms. The number of carbonyl (C=O) groups is 1. The Kier molecular flexibility index (Phi) is 2.60. The van der Waals surface area contributed by atoms with Crippen LogP contribution in [0.5, 0.6) is 0 Å². The van der Waals surface area contributed by atoms with Gasteiger partial charge in [0.25, 0.3) is 5.89 Å². The van der Waals surface area contributed by atoms with Crippen molar-refractivity contribution in [1.82, 2.24) is 15.2 Å². The number of carbonyl (C=O) groups excluding carboxylic acids is 1. The van der Waals surface area contributed by atoms with Gasteiger partial charge in [0.15, 0.2) is 5.76 Å². The SMILES string of the molecule is O=C(NC1CC2CCN21)c1ncc(-c2ccccc2)o1. The van der Waals surface area contributed by atoms with E-state index < -0.39 is 0 Å². The summed E-state index contributed by atoms with van der Waals surface area (Å²) >= 11 is 0. The largest absolute Gasteiger partial charge is 0.432 e. The van der Waals surface area contributed by atoms with Crippen molar-refractivity contribution in [3.63, 3.8) is 0 Å². The van der Waals surface area contributed by atoms with Crippen LogP contribution in [0, 0.1) is 0 Å². The third kappa shape index (κ3) is 1.82. The van der Waals surface area contributed by atoms with Crippen molar-refractivity contribution in [3.8, 4) is 11.3 Å². The van der Waals surface area contributed by atoms with Gasteiger partial charge in [0, 0.05) is 18.2 Å². The minimum Gasteiger partial charge on any atom is -0.432 e. The van der Waals surface area contributed by atoms with Crippen molar-refractivity contribution in [3.05, 3.63) is 42.4 Å². The van der Waals surface area contributed by atoms with Crippen molar-refractivity contribution in [2.75, 3.05) is 6.54 Å². The fourth-order valence-electron chi connectivity index (χ4n) is 2.85.